The molecule has 1 aliphatic rings. The Morgan fingerprint density at radius 3 is 2.62 bits per heavy atom. The first kappa shape index (κ1) is 13.6. The van der Waals surface area contributed by atoms with Gasteiger partial charge in [-0.05, 0) is 29.3 Å². The zero-order chi connectivity index (χ0) is 15.0. The second kappa shape index (κ2) is 5.18. The zero-order valence-corrected chi connectivity index (χ0v) is 11.7. The largest absolute Gasteiger partial charge is 0.383 e. The topological polar surface area (TPSA) is 81.5 Å². The molecule has 2 aromatic rings. The molecule has 0 amide bonds. The summed E-state index contributed by atoms with van der Waals surface area (Å²) < 4.78 is 0. The van der Waals surface area contributed by atoms with E-state index in [4.69, 9.17) is 17.3 Å². The monoisotopic (exact) mass is 301 g/mol. The average Bonchev–Trinajstić information content (AvgIpc) is 2.47. The Morgan fingerprint density at radius 1 is 1.24 bits per heavy atom. The lowest BCUT2D eigenvalue weighted by atomic mass is 9.86. The van der Waals surface area contributed by atoms with Crippen LogP contribution in [0, 0.1) is 10.1 Å². The van der Waals surface area contributed by atoms with Crippen molar-refractivity contribution in [1.82, 2.24) is 0 Å². The van der Waals surface area contributed by atoms with Gasteiger partial charge in [-0.1, -0.05) is 23.7 Å². The summed E-state index contributed by atoms with van der Waals surface area (Å²) in [5.74, 6) is 0.506. The first-order valence-corrected chi connectivity index (χ1v) is 6.78. The van der Waals surface area contributed by atoms with Crippen molar-refractivity contribution in [2.45, 2.75) is 5.92 Å². The number of aliphatic imine (C=N–C) groups is 1. The van der Waals surface area contributed by atoms with Crippen LogP contribution in [0.1, 0.15) is 22.6 Å². The van der Waals surface area contributed by atoms with E-state index in [0.717, 1.165) is 16.7 Å². The number of halogens is 1. The number of hydrogen-bond donors (Lipinski definition) is 1. The molecule has 3 rings (SSSR count). The molecule has 0 saturated heterocycles. The predicted octanol–water partition coefficient (Wildman–Crippen LogP) is 3.10. The fourth-order valence-electron chi connectivity index (χ4n) is 2.54. The minimum atomic E-state index is -0.411. The molecule has 1 atom stereocenters. The molecular formula is C15H12ClN3O2. The third-order valence-electron chi connectivity index (χ3n) is 3.62. The molecule has 6 heteroatoms. The fourth-order valence-corrected chi connectivity index (χ4v) is 2.72. The number of nitrogens with two attached hydrogens (primary N) is 1. The second-order valence-corrected chi connectivity index (χ2v) is 5.30. The summed E-state index contributed by atoms with van der Waals surface area (Å²) in [4.78, 5) is 14.6. The molecule has 0 saturated carbocycles. The van der Waals surface area contributed by atoms with E-state index in [9.17, 15) is 10.1 Å². The van der Waals surface area contributed by atoms with Gasteiger partial charge in [0.1, 0.15) is 5.84 Å². The number of nitro groups is 1. The van der Waals surface area contributed by atoms with Crippen LogP contribution in [-0.2, 0) is 0 Å². The van der Waals surface area contributed by atoms with Crippen molar-refractivity contribution in [3.63, 3.8) is 0 Å². The zero-order valence-electron chi connectivity index (χ0n) is 11.0. The Balaban J connectivity index is 2.04. The van der Waals surface area contributed by atoms with E-state index >= 15 is 0 Å². The molecule has 0 fully saturated rings. The Morgan fingerprint density at radius 2 is 1.95 bits per heavy atom. The van der Waals surface area contributed by atoms with Crippen molar-refractivity contribution in [1.29, 1.82) is 0 Å². The molecule has 1 heterocycles. The highest BCUT2D eigenvalue weighted by atomic mass is 35.5. The summed E-state index contributed by atoms with van der Waals surface area (Å²) >= 11 is 6.07. The minimum absolute atomic E-state index is 0.00630. The van der Waals surface area contributed by atoms with Gasteiger partial charge in [0.25, 0.3) is 5.69 Å². The van der Waals surface area contributed by atoms with E-state index in [2.05, 4.69) is 4.99 Å². The summed E-state index contributed by atoms with van der Waals surface area (Å²) in [5, 5.41) is 11.4. The number of nitrogens with zero attached hydrogens (tertiary/aromatic N) is 2. The molecule has 5 nitrogen and oxygen atoms in total. The van der Waals surface area contributed by atoms with Crippen LogP contribution in [0.15, 0.2) is 47.5 Å². The van der Waals surface area contributed by atoms with Gasteiger partial charge in [-0.15, -0.1) is 0 Å². The molecule has 1 unspecified atom stereocenters. The molecule has 0 bridgehead atoms. The SMILES string of the molecule is NC1=NCC(c2ccc([N+](=O)[O-])cc2)c2cc(Cl)ccc21. The highest BCUT2D eigenvalue weighted by Crippen LogP contribution is 2.33. The minimum Gasteiger partial charge on any atom is -0.383 e. The van der Waals surface area contributed by atoms with Crippen molar-refractivity contribution in [2.24, 2.45) is 10.7 Å². The number of benzene rings is 2. The number of rotatable bonds is 2. The Bertz CT molecular complexity index is 741. The maximum atomic E-state index is 10.7. The van der Waals surface area contributed by atoms with Crippen LogP contribution in [0.5, 0.6) is 0 Å². The van der Waals surface area contributed by atoms with Gasteiger partial charge < -0.3 is 5.73 Å². The van der Waals surface area contributed by atoms with E-state index in [1.807, 2.05) is 12.1 Å². The van der Waals surface area contributed by atoms with Crippen LogP contribution in [0.3, 0.4) is 0 Å². The molecule has 0 aliphatic carbocycles. The van der Waals surface area contributed by atoms with E-state index in [1.165, 1.54) is 12.1 Å². The van der Waals surface area contributed by atoms with Gasteiger partial charge in [0, 0.05) is 28.6 Å². The van der Waals surface area contributed by atoms with Gasteiger partial charge >= 0.3 is 0 Å². The van der Waals surface area contributed by atoms with Crippen LogP contribution < -0.4 is 5.73 Å². The number of hydrogen-bond acceptors (Lipinski definition) is 4. The standard InChI is InChI=1S/C15H12ClN3O2/c16-10-3-6-12-13(7-10)14(8-18-15(12)17)9-1-4-11(5-2-9)19(20)21/h1-7,14H,8H2,(H2,17,18). The van der Waals surface area contributed by atoms with E-state index in [1.54, 1.807) is 18.2 Å². The molecule has 106 valence electrons. The van der Waals surface area contributed by atoms with Gasteiger partial charge in [-0.25, -0.2) is 0 Å². The molecule has 21 heavy (non-hydrogen) atoms. The second-order valence-electron chi connectivity index (χ2n) is 4.86. The summed E-state index contributed by atoms with van der Waals surface area (Å²) in [7, 11) is 0. The smallest absolute Gasteiger partial charge is 0.269 e. The van der Waals surface area contributed by atoms with Crippen LogP contribution in [0.25, 0.3) is 0 Å². The van der Waals surface area contributed by atoms with Gasteiger partial charge in [-0.2, -0.15) is 0 Å². The van der Waals surface area contributed by atoms with Crippen molar-refractivity contribution >= 4 is 23.1 Å². The van der Waals surface area contributed by atoms with Gasteiger partial charge in [-0.3, -0.25) is 15.1 Å². The molecular weight excluding hydrogens is 290 g/mol. The quantitative estimate of drug-likeness (QED) is 0.683. The summed E-state index contributed by atoms with van der Waals surface area (Å²) in [6, 6.07) is 12.0. The van der Waals surface area contributed by atoms with Crippen LogP contribution in [-0.4, -0.2) is 17.3 Å². The van der Waals surface area contributed by atoms with Crippen LogP contribution >= 0.6 is 11.6 Å². The average molecular weight is 302 g/mol. The first-order valence-electron chi connectivity index (χ1n) is 6.40. The molecule has 2 N–H and O–H groups in total. The molecule has 0 spiro atoms. The third kappa shape index (κ3) is 2.48. The van der Waals surface area contributed by atoms with Crippen molar-refractivity contribution < 1.29 is 4.92 Å². The van der Waals surface area contributed by atoms with Crippen LogP contribution in [0.4, 0.5) is 5.69 Å². The predicted molar refractivity (Wildman–Crippen MR) is 82.0 cm³/mol. The van der Waals surface area contributed by atoms with E-state index < -0.39 is 4.92 Å². The lowest BCUT2D eigenvalue weighted by Gasteiger charge is -2.24. The molecule has 2 aromatic carbocycles. The lowest BCUT2D eigenvalue weighted by Crippen LogP contribution is -2.24. The molecule has 0 aromatic heterocycles. The Hall–Kier alpha value is -2.40. The van der Waals surface area contributed by atoms with Crippen molar-refractivity contribution in [2.75, 3.05) is 6.54 Å². The van der Waals surface area contributed by atoms with Crippen LogP contribution in [0.2, 0.25) is 5.02 Å². The highest BCUT2D eigenvalue weighted by molar-refractivity contribution is 6.30. The Labute approximate surface area is 126 Å². The maximum Gasteiger partial charge on any atom is 0.269 e. The summed E-state index contributed by atoms with van der Waals surface area (Å²) in [6.07, 6.45) is 0. The summed E-state index contributed by atoms with van der Waals surface area (Å²) in [5.41, 5.74) is 8.82. The molecule has 1 aliphatic heterocycles. The number of nitro benzene ring substituents is 1. The fraction of sp³-hybridized carbons (Fsp3) is 0.133. The number of fused-ring (bicyclic) bond motifs is 1. The van der Waals surface area contributed by atoms with Gasteiger partial charge in [0.15, 0.2) is 0 Å². The van der Waals surface area contributed by atoms with Crippen molar-refractivity contribution in [3.05, 3.63) is 74.3 Å². The Kier molecular flexibility index (Phi) is 3.35. The van der Waals surface area contributed by atoms with E-state index in [0.29, 0.717) is 17.4 Å². The molecule has 0 radical (unpaired) electrons. The van der Waals surface area contributed by atoms with Gasteiger partial charge in [0.2, 0.25) is 0 Å². The number of amidine groups is 1. The maximum absolute atomic E-state index is 10.7. The summed E-state index contributed by atoms with van der Waals surface area (Å²) in [6.45, 7) is 0.511. The lowest BCUT2D eigenvalue weighted by molar-refractivity contribution is -0.384. The third-order valence-corrected chi connectivity index (χ3v) is 3.85. The van der Waals surface area contributed by atoms with Gasteiger partial charge in [0.05, 0.1) is 11.5 Å². The normalized spacial score (nSPS) is 17.0. The number of non-ortho nitro benzene ring substituents is 1. The van der Waals surface area contributed by atoms with E-state index in [-0.39, 0.29) is 11.6 Å². The highest BCUT2D eigenvalue weighted by Gasteiger charge is 2.23. The van der Waals surface area contributed by atoms with Crippen molar-refractivity contribution in [3.8, 4) is 0 Å². The first-order chi connectivity index (χ1) is 10.1.